The molecular weight excluding hydrogens is 336 g/mol. The molecule has 1 atom stereocenters. The van der Waals surface area contributed by atoms with E-state index in [-0.39, 0.29) is 17.9 Å². The van der Waals surface area contributed by atoms with Crippen molar-refractivity contribution in [2.75, 3.05) is 5.32 Å². The van der Waals surface area contributed by atoms with Crippen molar-refractivity contribution in [1.82, 2.24) is 5.32 Å². The van der Waals surface area contributed by atoms with Crippen molar-refractivity contribution in [1.29, 1.82) is 0 Å². The van der Waals surface area contributed by atoms with Crippen molar-refractivity contribution in [2.45, 2.75) is 57.4 Å². The van der Waals surface area contributed by atoms with Gasteiger partial charge >= 0.3 is 0 Å². The minimum absolute atomic E-state index is 0.0307. The van der Waals surface area contributed by atoms with Crippen LogP contribution in [0, 0.1) is 6.92 Å². The van der Waals surface area contributed by atoms with Crippen LogP contribution in [0.2, 0.25) is 0 Å². The van der Waals surface area contributed by atoms with E-state index >= 15 is 0 Å². The maximum absolute atomic E-state index is 13.4. The van der Waals surface area contributed by atoms with Crippen LogP contribution < -0.4 is 10.6 Å². The molecule has 2 aliphatic rings. The Balaban J connectivity index is 1.57. The highest BCUT2D eigenvalue weighted by atomic mass is 16.2. The predicted octanol–water partition coefficient (Wildman–Crippen LogP) is 4.18. The summed E-state index contributed by atoms with van der Waals surface area (Å²) in [5, 5.41) is 6.11. The highest BCUT2D eigenvalue weighted by Gasteiger charge is 2.43. The lowest BCUT2D eigenvalue weighted by Crippen LogP contribution is -2.43. The van der Waals surface area contributed by atoms with Gasteiger partial charge in [0.2, 0.25) is 11.8 Å². The van der Waals surface area contributed by atoms with Crippen LogP contribution in [0.25, 0.3) is 0 Å². The molecule has 1 saturated carbocycles. The lowest BCUT2D eigenvalue weighted by atomic mass is 9.77. The Morgan fingerprint density at radius 1 is 1.15 bits per heavy atom. The molecule has 0 saturated heterocycles. The quantitative estimate of drug-likeness (QED) is 0.857. The summed E-state index contributed by atoms with van der Waals surface area (Å²) in [7, 11) is 0. The van der Waals surface area contributed by atoms with Crippen molar-refractivity contribution in [3.05, 3.63) is 64.7 Å². The number of amides is 2. The third kappa shape index (κ3) is 3.25. The maximum atomic E-state index is 13.4. The van der Waals surface area contributed by atoms with Crippen molar-refractivity contribution >= 4 is 17.5 Å². The molecule has 2 N–H and O–H groups in total. The van der Waals surface area contributed by atoms with Gasteiger partial charge in [-0.2, -0.15) is 0 Å². The lowest BCUT2D eigenvalue weighted by molar-refractivity contribution is -0.127. The van der Waals surface area contributed by atoms with Crippen LogP contribution in [0.1, 0.15) is 60.9 Å². The predicted molar refractivity (Wildman–Crippen MR) is 107 cm³/mol. The average molecular weight is 362 g/mol. The van der Waals surface area contributed by atoms with Crippen LogP contribution >= 0.6 is 0 Å². The van der Waals surface area contributed by atoms with Gasteiger partial charge in [0.25, 0.3) is 0 Å². The summed E-state index contributed by atoms with van der Waals surface area (Å²) >= 11 is 0. The molecule has 1 heterocycles. The summed E-state index contributed by atoms with van der Waals surface area (Å²) in [6.45, 7) is 4.09. The molecule has 0 radical (unpaired) electrons. The fourth-order valence-corrected chi connectivity index (χ4v) is 4.50. The van der Waals surface area contributed by atoms with Crippen LogP contribution in [0.5, 0.6) is 0 Å². The monoisotopic (exact) mass is 362 g/mol. The SMILES string of the molecule is Cc1cccc(C2(C(=O)NC(C)c3ccc4c(c3)CC(=O)N4)CCCC2)c1. The Morgan fingerprint density at radius 3 is 2.67 bits per heavy atom. The Morgan fingerprint density at radius 2 is 1.93 bits per heavy atom. The second-order valence-corrected chi connectivity index (χ2v) is 8.00. The molecule has 2 aromatic carbocycles. The zero-order chi connectivity index (χ0) is 19.0. The number of benzene rings is 2. The molecule has 1 aliphatic heterocycles. The first-order chi connectivity index (χ1) is 13.0. The molecule has 1 fully saturated rings. The molecule has 2 aromatic rings. The van der Waals surface area contributed by atoms with Gasteiger partial charge in [-0.05, 0) is 49.4 Å². The zero-order valence-electron chi connectivity index (χ0n) is 16.0. The molecule has 0 aromatic heterocycles. The second-order valence-electron chi connectivity index (χ2n) is 8.00. The zero-order valence-corrected chi connectivity index (χ0v) is 16.0. The van der Waals surface area contributed by atoms with Crippen LogP contribution in [0.3, 0.4) is 0 Å². The Kier molecular flexibility index (Phi) is 4.50. The second kappa shape index (κ2) is 6.84. The molecule has 1 aliphatic carbocycles. The van der Waals surface area contributed by atoms with E-state index < -0.39 is 5.41 Å². The van der Waals surface area contributed by atoms with E-state index in [1.165, 1.54) is 5.56 Å². The number of anilines is 1. The Hall–Kier alpha value is -2.62. The molecule has 4 heteroatoms. The van der Waals surface area contributed by atoms with E-state index in [4.69, 9.17) is 0 Å². The van der Waals surface area contributed by atoms with Gasteiger partial charge in [0.05, 0.1) is 17.9 Å². The summed E-state index contributed by atoms with van der Waals surface area (Å²) in [5.41, 5.74) is 4.83. The van der Waals surface area contributed by atoms with Crippen molar-refractivity contribution in [2.24, 2.45) is 0 Å². The van der Waals surface area contributed by atoms with Crippen LogP contribution in [-0.2, 0) is 21.4 Å². The van der Waals surface area contributed by atoms with Gasteiger partial charge in [-0.1, -0.05) is 54.8 Å². The molecule has 4 rings (SSSR count). The van der Waals surface area contributed by atoms with Gasteiger partial charge in [0.1, 0.15) is 0 Å². The maximum Gasteiger partial charge on any atom is 0.231 e. The number of rotatable bonds is 4. The highest BCUT2D eigenvalue weighted by Crippen LogP contribution is 2.42. The van der Waals surface area contributed by atoms with Gasteiger partial charge in [0, 0.05) is 5.69 Å². The Bertz CT molecular complexity index is 897. The number of hydrogen-bond acceptors (Lipinski definition) is 2. The first-order valence-electron chi connectivity index (χ1n) is 9.79. The number of carbonyl (C=O) groups excluding carboxylic acids is 2. The van der Waals surface area contributed by atoms with E-state index in [0.29, 0.717) is 6.42 Å². The number of nitrogens with one attached hydrogen (secondary N) is 2. The molecule has 1 unspecified atom stereocenters. The van der Waals surface area contributed by atoms with Crippen molar-refractivity contribution < 1.29 is 9.59 Å². The number of carbonyl (C=O) groups is 2. The minimum Gasteiger partial charge on any atom is -0.349 e. The van der Waals surface area contributed by atoms with E-state index in [2.05, 4.69) is 35.8 Å². The minimum atomic E-state index is -0.422. The molecule has 27 heavy (non-hydrogen) atoms. The number of aryl methyl sites for hydroxylation is 1. The van der Waals surface area contributed by atoms with Crippen LogP contribution in [-0.4, -0.2) is 11.8 Å². The summed E-state index contributed by atoms with van der Waals surface area (Å²) < 4.78 is 0. The highest BCUT2D eigenvalue weighted by molar-refractivity contribution is 5.99. The lowest BCUT2D eigenvalue weighted by Gasteiger charge is -2.30. The van der Waals surface area contributed by atoms with E-state index in [1.807, 2.05) is 31.2 Å². The molecule has 140 valence electrons. The van der Waals surface area contributed by atoms with Gasteiger partial charge in [0.15, 0.2) is 0 Å². The van der Waals surface area contributed by atoms with Crippen molar-refractivity contribution in [3.63, 3.8) is 0 Å². The third-order valence-corrected chi connectivity index (χ3v) is 6.06. The van der Waals surface area contributed by atoms with Crippen LogP contribution in [0.15, 0.2) is 42.5 Å². The summed E-state index contributed by atoms with van der Waals surface area (Å²) in [5.74, 6) is 0.149. The van der Waals surface area contributed by atoms with Crippen molar-refractivity contribution in [3.8, 4) is 0 Å². The van der Waals surface area contributed by atoms with Gasteiger partial charge in [-0.15, -0.1) is 0 Å². The van der Waals surface area contributed by atoms with E-state index in [9.17, 15) is 9.59 Å². The summed E-state index contributed by atoms with van der Waals surface area (Å²) in [6.07, 6.45) is 4.39. The standard InChI is InChI=1S/C23H26N2O2/c1-15-6-5-7-19(12-15)23(10-3-4-11-23)22(27)24-16(2)17-8-9-20-18(13-17)14-21(26)25-20/h5-9,12-13,16H,3-4,10-11,14H2,1-2H3,(H,24,27)(H,25,26). The van der Waals surface area contributed by atoms with Gasteiger partial charge in [-0.25, -0.2) is 0 Å². The smallest absolute Gasteiger partial charge is 0.231 e. The summed E-state index contributed by atoms with van der Waals surface area (Å²) in [6, 6.07) is 14.2. The fourth-order valence-electron chi connectivity index (χ4n) is 4.50. The largest absolute Gasteiger partial charge is 0.349 e. The molecule has 0 spiro atoms. The fraction of sp³-hybridized carbons (Fsp3) is 0.391. The molecule has 0 bridgehead atoms. The normalized spacial score (nSPS) is 18.7. The van der Waals surface area contributed by atoms with Gasteiger partial charge < -0.3 is 10.6 Å². The number of fused-ring (bicyclic) bond motifs is 1. The molecular formula is C23H26N2O2. The Labute approximate surface area is 160 Å². The third-order valence-electron chi connectivity index (χ3n) is 6.06. The molecule has 4 nitrogen and oxygen atoms in total. The first kappa shape index (κ1) is 17.8. The topological polar surface area (TPSA) is 58.2 Å². The molecule has 2 amide bonds. The van der Waals surface area contributed by atoms with E-state index in [0.717, 1.165) is 48.1 Å². The van der Waals surface area contributed by atoms with Gasteiger partial charge in [-0.3, -0.25) is 9.59 Å². The summed E-state index contributed by atoms with van der Waals surface area (Å²) in [4.78, 5) is 24.9. The van der Waals surface area contributed by atoms with Crippen LogP contribution in [0.4, 0.5) is 5.69 Å². The average Bonchev–Trinajstić information content (AvgIpc) is 3.27. The van der Waals surface area contributed by atoms with E-state index in [1.54, 1.807) is 0 Å². The number of hydrogen-bond donors (Lipinski definition) is 2. The first-order valence-corrected chi connectivity index (χ1v) is 9.79.